The van der Waals surface area contributed by atoms with Gasteiger partial charge in [-0.05, 0) is 0 Å². The van der Waals surface area contributed by atoms with Crippen LogP contribution in [0.2, 0.25) is 0 Å². The molecule has 1 aliphatic rings. The molecule has 186 valence electrons. The van der Waals surface area contributed by atoms with E-state index in [4.69, 9.17) is 0 Å². The van der Waals surface area contributed by atoms with Gasteiger partial charge in [0.1, 0.15) is 0 Å². The standard InChI is InChI=1S/C12H9F17N2/c13-5(14,7(17,18)9(21,22)11(25,26)27)6(15,16)8(19,20)10(23,24)12(28,29)31-3-1-30-2-4-31/h30H,1-4H2. The predicted octanol–water partition coefficient (Wildman–Crippen LogP) is 4.86. The van der Waals surface area contributed by atoms with Crippen molar-refractivity contribution in [2.24, 2.45) is 0 Å². The van der Waals surface area contributed by atoms with Crippen molar-refractivity contribution in [2.45, 2.75) is 47.8 Å². The molecule has 0 aromatic rings. The van der Waals surface area contributed by atoms with Gasteiger partial charge in [-0.15, -0.1) is 0 Å². The number of halogens is 17. The second kappa shape index (κ2) is 7.38. The lowest BCUT2D eigenvalue weighted by molar-refractivity contribution is -0.468. The fraction of sp³-hybridized carbons (Fsp3) is 1.00. The van der Waals surface area contributed by atoms with Crippen molar-refractivity contribution in [2.75, 3.05) is 26.2 Å². The first kappa shape index (κ1) is 27.8. The number of rotatable bonds is 7. The molecule has 0 amide bonds. The minimum absolute atomic E-state index is 0.639. The van der Waals surface area contributed by atoms with Gasteiger partial charge in [0, 0.05) is 26.2 Å². The van der Waals surface area contributed by atoms with Crippen LogP contribution in [0.15, 0.2) is 0 Å². The maximum Gasteiger partial charge on any atom is 0.460 e. The Kier molecular flexibility index (Phi) is 6.61. The SMILES string of the molecule is FC(F)(F)C(F)(F)C(F)(F)C(F)(F)C(F)(F)C(F)(F)C(F)(F)C(F)(F)N1CCNCC1. The van der Waals surface area contributed by atoms with Crippen molar-refractivity contribution in [3.05, 3.63) is 0 Å². The number of alkyl halides is 17. The van der Waals surface area contributed by atoms with Crippen LogP contribution in [-0.4, -0.2) is 78.8 Å². The smallest absolute Gasteiger partial charge is 0.314 e. The minimum atomic E-state index is -8.59. The van der Waals surface area contributed by atoms with Crippen LogP contribution in [0.3, 0.4) is 0 Å². The zero-order valence-electron chi connectivity index (χ0n) is 14.2. The molecule has 0 aromatic heterocycles. The topological polar surface area (TPSA) is 15.3 Å². The normalized spacial score (nSPS) is 19.6. The lowest BCUT2D eigenvalue weighted by Gasteiger charge is -2.45. The summed E-state index contributed by atoms with van der Waals surface area (Å²) in [6.45, 7) is -3.83. The first-order chi connectivity index (χ1) is 13.4. The Labute approximate surface area is 160 Å². The average molecular weight is 504 g/mol. The Balaban J connectivity index is 3.57. The van der Waals surface area contributed by atoms with Gasteiger partial charge in [0.15, 0.2) is 0 Å². The molecule has 0 saturated carbocycles. The van der Waals surface area contributed by atoms with Gasteiger partial charge < -0.3 is 5.32 Å². The molecule has 0 aromatic carbocycles. The van der Waals surface area contributed by atoms with Crippen molar-refractivity contribution < 1.29 is 74.6 Å². The van der Waals surface area contributed by atoms with Crippen LogP contribution in [0.25, 0.3) is 0 Å². The van der Waals surface area contributed by atoms with Crippen LogP contribution in [0.1, 0.15) is 0 Å². The maximum absolute atomic E-state index is 13.8. The number of piperazine rings is 1. The Morgan fingerprint density at radius 1 is 0.419 bits per heavy atom. The van der Waals surface area contributed by atoms with Crippen LogP contribution in [0.4, 0.5) is 74.6 Å². The van der Waals surface area contributed by atoms with Gasteiger partial charge in [-0.1, -0.05) is 0 Å². The summed E-state index contributed by atoms with van der Waals surface area (Å²) < 4.78 is 223. The van der Waals surface area contributed by atoms with Crippen LogP contribution in [0, 0.1) is 0 Å². The molecule has 0 atom stereocenters. The Morgan fingerprint density at radius 3 is 1.03 bits per heavy atom. The molecule has 0 aliphatic carbocycles. The van der Waals surface area contributed by atoms with Gasteiger partial charge in [0.2, 0.25) is 0 Å². The van der Waals surface area contributed by atoms with Crippen molar-refractivity contribution in [1.82, 2.24) is 10.2 Å². The van der Waals surface area contributed by atoms with Gasteiger partial charge in [-0.25, -0.2) is 4.90 Å². The van der Waals surface area contributed by atoms with Crippen molar-refractivity contribution in [3.63, 3.8) is 0 Å². The van der Waals surface area contributed by atoms with Crippen LogP contribution in [-0.2, 0) is 0 Å². The largest absolute Gasteiger partial charge is 0.460 e. The number of hydrogen-bond acceptors (Lipinski definition) is 2. The van der Waals surface area contributed by atoms with E-state index in [1.807, 2.05) is 0 Å². The maximum atomic E-state index is 13.8. The second-order valence-corrected chi connectivity index (χ2v) is 6.22. The molecule has 1 aliphatic heterocycles. The third kappa shape index (κ3) is 3.58. The van der Waals surface area contributed by atoms with E-state index in [9.17, 15) is 74.6 Å². The Hall–Kier alpha value is -1.27. The summed E-state index contributed by atoms with van der Waals surface area (Å²) in [5.41, 5.74) is 0. The molecule has 0 radical (unpaired) electrons. The summed E-state index contributed by atoms with van der Waals surface area (Å²) in [7, 11) is 0. The summed E-state index contributed by atoms with van der Waals surface area (Å²) in [5, 5.41) is 2.22. The molecule has 0 unspecified atom stereocenters. The molecule has 0 spiro atoms. The van der Waals surface area contributed by atoms with Crippen molar-refractivity contribution in [1.29, 1.82) is 0 Å². The third-order valence-electron chi connectivity index (χ3n) is 4.22. The lowest BCUT2D eigenvalue weighted by Crippen LogP contribution is -2.76. The van der Waals surface area contributed by atoms with Crippen LogP contribution in [0.5, 0.6) is 0 Å². The molecule has 2 nitrogen and oxygen atoms in total. The average Bonchev–Trinajstić information content (AvgIpc) is 2.60. The highest BCUT2D eigenvalue weighted by atomic mass is 19.4. The summed E-state index contributed by atoms with van der Waals surface area (Å²) in [6.07, 6.45) is -7.75. The molecule has 1 heterocycles. The number of nitrogens with zero attached hydrogens (tertiary/aromatic N) is 1. The van der Waals surface area contributed by atoms with E-state index in [-0.39, 0.29) is 0 Å². The van der Waals surface area contributed by atoms with E-state index in [1.165, 1.54) is 0 Å². The van der Waals surface area contributed by atoms with Gasteiger partial charge >= 0.3 is 47.8 Å². The quantitative estimate of drug-likeness (QED) is 0.394. The number of hydrogen-bond donors (Lipinski definition) is 1. The van der Waals surface area contributed by atoms with E-state index in [0.29, 0.717) is 0 Å². The predicted molar refractivity (Wildman–Crippen MR) is 65.1 cm³/mol. The van der Waals surface area contributed by atoms with Gasteiger partial charge in [0.25, 0.3) is 0 Å². The fourth-order valence-corrected chi connectivity index (χ4v) is 2.30. The first-order valence-electron chi connectivity index (χ1n) is 7.53. The molecule has 1 rings (SSSR count). The zero-order valence-corrected chi connectivity index (χ0v) is 14.2. The zero-order chi connectivity index (χ0) is 25.1. The van der Waals surface area contributed by atoms with E-state index in [1.54, 1.807) is 0 Å². The van der Waals surface area contributed by atoms with Gasteiger partial charge in [-0.2, -0.15) is 74.6 Å². The second-order valence-electron chi connectivity index (χ2n) is 6.22. The summed E-state index contributed by atoms with van der Waals surface area (Å²) >= 11 is 0. The first-order valence-corrected chi connectivity index (χ1v) is 7.53. The highest BCUT2D eigenvalue weighted by molar-refractivity contribution is 5.15. The van der Waals surface area contributed by atoms with E-state index >= 15 is 0 Å². The molecule has 1 saturated heterocycles. The van der Waals surface area contributed by atoms with E-state index in [2.05, 4.69) is 5.32 Å². The molecule has 1 fully saturated rings. The molecule has 31 heavy (non-hydrogen) atoms. The Bertz CT molecular complexity index is 646. The van der Waals surface area contributed by atoms with Gasteiger partial charge in [-0.3, -0.25) is 0 Å². The highest BCUT2D eigenvalue weighted by Crippen LogP contribution is 2.64. The molecular formula is C12H9F17N2. The Morgan fingerprint density at radius 2 is 0.710 bits per heavy atom. The summed E-state index contributed by atoms with van der Waals surface area (Å²) in [5.74, 6) is -49.6. The molecule has 0 bridgehead atoms. The third-order valence-corrected chi connectivity index (χ3v) is 4.22. The van der Waals surface area contributed by atoms with E-state index in [0.717, 1.165) is 0 Å². The van der Waals surface area contributed by atoms with Gasteiger partial charge in [0.05, 0.1) is 0 Å². The minimum Gasteiger partial charge on any atom is -0.314 e. The lowest BCUT2D eigenvalue weighted by atomic mass is 9.90. The van der Waals surface area contributed by atoms with E-state index < -0.39 is 78.8 Å². The summed E-state index contributed by atoms with van der Waals surface area (Å²) in [6, 6.07) is -6.44. The molecular weight excluding hydrogens is 495 g/mol. The van der Waals surface area contributed by atoms with Crippen LogP contribution < -0.4 is 5.32 Å². The van der Waals surface area contributed by atoms with Crippen molar-refractivity contribution in [3.8, 4) is 0 Å². The van der Waals surface area contributed by atoms with Crippen molar-refractivity contribution >= 4 is 0 Å². The van der Waals surface area contributed by atoms with Crippen LogP contribution >= 0.6 is 0 Å². The summed E-state index contributed by atoms with van der Waals surface area (Å²) in [4.78, 5) is -0.923. The number of nitrogens with one attached hydrogen (secondary N) is 1. The highest BCUT2D eigenvalue weighted by Gasteiger charge is 2.95. The monoisotopic (exact) mass is 504 g/mol. The fourth-order valence-electron chi connectivity index (χ4n) is 2.30. The molecule has 1 N–H and O–H groups in total. The molecule has 19 heteroatoms.